The summed E-state index contributed by atoms with van der Waals surface area (Å²) in [4.78, 5) is 12.1. The van der Waals surface area contributed by atoms with E-state index >= 15 is 0 Å². The molecule has 21 heavy (non-hydrogen) atoms. The maximum absolute atomic E-state index is 12.1. The van der Waals surface area contributed by atoms with Gasteiger partial charge in [-0.15, -0.1) is 0 Å². The Bertz CT molecular complexity index is 563. The number of esters is 1. The van der Waals surface area contributed by atoms with Gasteiger partial charge < -0.3 is 4.74 Å². The van der Waals surface area contributed by atoms with E-state index in [9.17, 15) is 4.79 Å². The molecule has 0 spiro atoms. The Morgan fingerprint density at radius 2 is 2.10 bits per heavy atom. The van der Waals surface area contributed by atoms with Crippen LogP contribution >= 0.6 is 0 Å². The molecule has 4 nitrogen and oxygen atoms in total. The summed E-state index contributed by atoms with van der Waals surface area (Å²) in [5, 5.41) is 0. The first-order chi connectivity index (χ1) is 10.2. The second kappa shape index (κ2) is 7.62. The van der Waals surface area contributed by atoms with Crippen molar-refractivity contribution in [3.8, 4) is 0 Å². The van der Waals surface area contributed by atoms with E-state index < -0.39 is 0 Å². The molecule has 0 amide bonds. The van der Waals surface area contributed by atoms with Gasteiger partial charge in [-0.05, 0) is 18.4 Å². The minimum absolute atomic E-state index is 0.150. The third-order valence-corrected chi connectivity index (χ3v) is 3.40. The smallest absolute Gasteiger partial charge is 0.349 e. The Labute approximate surface area is 126 Å². The Kier molecular flexibility index (Phi) is 5.55. The lowest BCUT2D eigenvalue weighted by molar-refractivity contribution is -0.671. The van der Waals surface area contributed by atoms with Crippen molar-refractivity contribution in [2.24, 2.45) is 7.05 Å². The lowest BCUT2D eigenvalue weighted by Crippen LogP contribution is -2.24. The van der Waals surface area contributed by atoms with Crippen molar-refractivity contribution in [3.05, 3.63) is 54.6 Å². The Hall–Kier alpha value is -2.10. The van der Waals surface area contributed by atoms with Gasteiger partial charge in [0, 0.05) is 0 Å². The van der Waals surface area contributed by atoms with Gasteiger partial charge in [0.2, 0.25) is 6.33 Å². The van der Waals surface area contributed by atoms with Crippen LogP contribution in [0, 0.1) is 0 Å². The molecule has 0 aliphatic rings. The fourth-order valence-corrected chi connectivity index (χ4v) is 2.29. The molecule has 2 aromatic rings. The van der Waals surface area contributed by atoms with Crippen molar-refractivity contribution in [3.63, 3.8) is 0 Å². The highest BCUT2D eigenvalue weighted by Gasteiger charge is 2.18. The number of rotatable bonds is 7. The summed E-state index contributed by atoms with van der Waals surface area (Å²) < 4.78 is 9.41. The molecule has 0 aliphatic heterocycles. The maximum atomic E-state index is 12.1. The minimum atomic E-state index is -0.198. The van der Waals surface area contributed by atoms with E-state index in [0.717, 1.165) is 24.8 Å². The van der Waals surface area contributed by atoms with Crippen LogP contribution < -0.4 is 4.57 Å². The molecule has 112 valence electrons. The van der Waals surface area contributed by atoms with E-state index in [1.807, 2.05) is 65.2 Å². The molecule has 2 rings (SSSR count). The van der Waals surface area contributed by atoms with Gasteiger partial charge in [0.15, 0.2) is 6.54 Å². The fraction of sp³-hybridized carbons (Fsp3) is 0.412. The average molecular weight is 287 g/mol. The number of ether oxygens (including phenoxy) is 1. The molecule has 0 radical (unpaired) electrons. The molecular formula is C17H23N2O2+. The number of aromatic nitrogens is 2. The van der Waals surface area contributed by atoms with Crippen molar-refractivity contribution < 1.29 is 14.1 Å². The summed E-state index contributed by atoms with van der Waals surface area (Å²) in [6.07, 6.45) is 8.49. The van der Waals surface area contributed by atoms with Crippen LogP contribution in [-0.2, 0) is 23.1 Å². The van der Waals surface area contributed by atoms with E-state index in [-0.39, 0.29) is 18.6 Å². The van der Waals surface area contributed by atoms with E-state index in [2.05, 4.69) is 6.92 Å². The molecule has 1 atom stereocenters. The highest BCUT2D eigenvalue weighted by Crippen LogP contribution is 2.23. The van der Waals surface area contributed by atoms with Crippen LogP contribution in [0.15, 0.2) is 49.1 Å². The molecule has 0 saturated carbocycles. The number of unbranched alkanes of at least 4 members (excludes halogenated alkanes) is 1. The summed E-state index contributed by atoms with van der Waals surface area (Å²) >= 11 is 0. The molecular weight excluding hydrogens is 264 g/mol. The Morgan fingerprint density at radius 3 is 2.71 bits per heavy atom. The summed E-state index contributed by atoms with van der Waals surface area (Å²) in [6, 6.07) is 9.97. The van der Waals surface area contributed by atoms with Gasteiger partial charge in [0.1, 0.15) is 18.5 Å². The predicted molar refractivity (Wildman–Crippen MR) is 80.4 cm³/mol. The van der Waals surface area contributed by atoms with Crippen LogP contribution in [0.4, 0.5) is 0 Å². The summed E-state index contributed by atoms with van der Waals surface area (Å²) in [6.45, 7) is 2.39. The topological polar surface area (TPSA) is 35.1 Å². The second-order valence-corrected chi connectivity index (χ2v) is 5.28. The van der Waals surface area contributed by atoms with Gasteiger partial charge in [-0.1, -0.05) is 43.7 Å². The first-order valence-corrected chi connectivity index (χ1v) is 7.44. The molecule has 0 bridgehead atoms. The van der Waals surface area contributed by atoms with Crippen molar-refractivity contribution in [2.75, 3.05) is 0 Å². The Balaban J connectivity index is 1.99. The van der Waals surface area contributed by atoms with Crippen LogP contribution in [0.3, 0.4) is 0 Å². The van der Waals surface area contributed by atoms with E-state index in [0.29, 0.717) is 0 Å². The normalized spacial score (nSPS) is 12.1. The van der Waals surface area contributed by atoms with Gasteiger partial charge >= 0.3 is 5.97 Å². The van der Waals surface area contributed by atoms with E-state index in [1.165, 1.54) is 0 Å². The number of hydrogen-bond acceptors (Lipinski definition) is 2. The number of carbonyl (C=O) groups is 1. The zero-order valence-corrected chi connectivity index (χ0v) is 12.7. The SMILES string of the molecule is CCCC[C@H](OC(=O)Cn1cc[n+](C)c1)c1ccccc1. The molecule has 0 saturated heterocycles. The van der Waals surface area contributed by atoms with Crippen LogP contribution in [0.5, 0.6) is 0 Å². The number of nitrogens with zero attached hydrogens (tertiary/aromatic N) is 2. The molecule has 1 aromatic heterocycles. The zero-order valence-electron chi connectivity index (χ0n) is 12.7. The molecule has 0 aliphatic carbocycles. The van der Waals surface area contributed by atoms with Crippen LogP contribution in [0.2, 0.25) is 0 Å². The molecule has 4 heteroatoms. The Morgan fingerprint density at radius 1 is 1.33 bits per heavy atom. The van der Waals surface area contributed by atoms with Crippen molar-refractivity contribution in [1.82, 2.24) is 4.57 Å². The maximum Gasteiger partial charge on any atom is 0.349 e. The molecule has 1 heterocycles. The first kappa shape index (κ1) is 15.3. The molecule has 0 fully saturated rings. The molecule has 0 N–H and O–H groups in total. The summed E-state index contributed by atoms with van der Waals surface area (Å²) in [5.41, 5.74) is 1.07. The van der Waals surface area contributed by atoms with E-state index in [1.54, 1.807) is 0 Å². The first-order valence-electron chi connectivity index (χ1n) is 7.44. The van der Waals surface area contributed by atoms with Crippen molar-refractivity contribution in [2.45, 2.75) is 38.8 Å². The van der Waals surface area contributed by atoms with Gasteiger partial charge in [-0.2, -0.15) is 0 Å². The van der Waals surface area contributed by atoms with Crippen molar-refractivity contribution >= 4 is 5.97 Å². The molecule has 1 aromatic carbocycles. The number of imidazole rings is 1. The molecule has 0 unspecified atom stereocenters. The third kappa shape index (κ3) is 4.74. The van der Waals surface area contributed by atoms with Crippen LogP contribution in [-0.4, -0.2) is 10.5 Å². The third-order valence-electron chi connectivity index (χ3n) is 3.40. The monoisotopic (exact) mass is 287 g/mol. The standard InChI is InChI=1S/C17H23N2O2/c1-3-4-10-16(15-8-6-5-7-9-15)21-17(20)13-19-12-11-18(2)14-19/h5-9,11-12,14,16H,3-4,10,13H2,1-2H3/q+1/t16-/m0/s1. The minimum Gasteiger partial charge on any atom is -0.455 e. The highest BCUT2D eigenvalue weighted by atomic mass is 16.5. The van der Waals surface area contributed by atoms with Crippen molar-refractivity contribution in [1.29, 1.82) is 0 Å². The number of carbonyl (C=O) groups excluding carboxylic acids is 1. The van der Waals surface area contributed by atoms with Gasteiger partial charge in [-0.3, -0.25) is 0 Å². The van der Waals surface area contributed by atoms with Crippen LogP contribution in [0.1, 0.15) is 37.9 Å². The fourth-order valence-electron chi connectivity index (χ4n) is 2.29. The number of aryl methyl sites for hydroxylation is 1. The zero-order chi connectivity index (χ0) is 15.1. The average Bonchev–Trinajstić information content (AvgIpc) is 2.89. The quantitative estimate of drug-likeness (QED) is 0.580. The van der Waals surface area contributed by atoms with Gasteiger partial charge in [0.05, 0.1) is 7.05 Å². The number of hydrogen-bond donors (Lipinski definition) is 0. The lowest BCUT2D eigenvalue weighted by atomic mass is 10.0. The second-order valence-electron chi connectivity index (χ2n) is 5.28. The van der Waals surface area contributed by atoms with Crippen LogP contribution in [0.25, 0.3) is 0 Å². The van der Waals surface area contributed by atoms with Gasteiger partial charge in [0.25, 0.3) is 0 Å². The lowest BCUT2D eigenvalue weighted by Gasteiger charge is -2.17. The van der Waals surface area contributed by atoms with Gasteiger partial charge in [-0.25, -0.2) is 13.9 Å². The highest BCUT2D eigenvalue weighted by molar-refractivity contribution is 5.69. The van der Waals surface area contributed by atoms with E-state index in [4.69, 9.17) is 4.74 Å². The summed E-state index contributed by atoms with van der Waals surface area (Å²) in [7, 11) is 1.93. The number of benzene rings is 1. The largest absolute Gasteiger partial charge is 0.455 e. The summed E-state index contributed by atoms with van der Waals surface area (Å²) in [5.74, 6) is -0.198. The predicted octanol–water partition coefficient (Wildman–Crippen LogP) is 2.79.